The lowest BCUT2D eigenvalue weighted by molar-refractivity contribution is -0.108. The summed E-state index contributed by atoms with van der Waals surface area (Å²) in [4.78, 5) is 9.03. The molecular formula is C15H20N4O2. The Morgan fingerprint density at radius 1 is 1.33 bits per heavy atom. The van der Waals surface area contributed by atoms with Crippen LogP contribution in [0.4, 0.5) is 5.82 Å². The molecule has 6 heteroatoms. The largest absolute Gasteiger partial charge is 0.370 e. The van der Waals surface area contributed by atoms with Crippen LogP contribution in [0.5, 0.6) is 0 Å². The lowest BCUT2D eigenvalue weighted by Gasteiger charge is -2.23. The van der Waals surface area contributed by atoms with Crippen LogP contribution < -0.4 is 5.32 Å². The zero-order chi connectivity index (χ0) is 14.8. The van der Waals surface area contributed by atoms with Crippen molar-refractivity contribution in [2.45, 2.75) is 26.1 Å². The molecule has 0 spiro atoms. The number of hydrogen-bond acceptors (Lipinski definition) is 5. The molecule has 0 saturated heterocycles. The van der Waals surface area contributed by atoms with Crippen molar-refractivity contribution >= 4 is 5.82 Å². The van der Waals surface area contributed by atoms with Crippen molar-refractivity contribution in [3.8, 4) is 5.69 Å². The average Bonchev–Trinajstić information content (AvgIpc) is 2.94. The van der Waals surface area contributed by atoms with Crippen LogP contribution in [0.2, 0.25) is 0 Å². The van der Waals surface area contributed by atoms with E-state index in [0.717, 1.165) is 42.3 Å². The van der Waals surface area contributed by atoms with Gasteiger partial charge in [0.25, 0.3) is 0 Å². The van der Waals surface area contributed by atoms with Crippen LogP contribution in [0.1, 0.15) is 29.7 Å². The lowest BCUT2D eigenvalue weighted by Crippen LogP contribution is -2.18. The minimum absolute atomic E-state index is 0.503. The van der Waals surface area contributed by atoms with Crippen molar-refractivity contribution in [2.75, 3.05) is 26.1 Å². The molecule has 6 nitrogen and oxygen atoms in total. The first-order chi connectivity index (χ1) is 10.2. The maximum absolute atomic E-state index is 5.40. The average molecular weight is 288 g/mol. The van der Waals surface area contributed by atoms with Crippen LogP contribution in [-0.2, 0) is 15.9 Å². The molecule has 3 rings (SSSR count). The summed E-state index contributed by atoms with van der Waals surface area (Å²) in [6, 6.07) is 2.15. The first kappa shape index (κ1) is 14.0. The number of methoxy groups -OCH3 is 2. The molecule has 0 atom stereocenters. The number of ether oxygens (including phenoxy) is 2. The summed E-state index contributed by atoms with van der Waals surface area (Å²) in [7, 11) is 3.23. The Labute approximate surface area is 124 Å². The van der Waals surface area contributed by atoms with Gasteiger partial charge in [0.2, 0.25) is 6.29 Å². The normalized spacial score (nSPS) is 14.1. The predicted octanol–water partition coefficient (Wildman–Crippen LogP) is 2.23. The number of fused-ring (bicyclic) bond motifs is 1. The summed E-state index contributed by atoms with van der Waals surface area (Å²) in [6.45, 7) is 2.92. The van der Waals surface area contributed by atoms with E-state index in [4.69, 9.17) is 14.5 Å². The summed E-state index contributed by atoms with van der Waals surface area (Å²) in [6.07, 6.45) is 5.42. The van der Waals surface area contributed by atoms with E-state index in [0.29, 0.717) is 0 Å². The minimum Gasteiger partial charge on any atom is -0.370 e. The van der Waals surface area contributed by atoms with E-state index in [1.165, 1.54) is 5.56 Å². The number of hydrogen-bond donors (Lipinski definition) is 1. The fraction of sp³-hybridized carbons (Fsp3) is 0.467. The van der Waals surface area contributed by atoms with Crippen molar-refractivity contribution in [2.24, 2.45) is 0 Å². The molecule has 3 heterocycles. The molecule has 0 aromatic carbocycles. The second-order valence-electron chi connectivity index (χ2n) is 5.16. The number of imidazole rings is 1. The van der Waals surface area contributed by atoms with Crippen LogP contribution in [0.25, 0.3) is 5.69 Å². The summed E-state index contributed by atoms with van der Waals surface area (Å²) in [5.41, 5.74) is 3.89. The number of nitrogens with zero attached hydrogens (tertiary/aromatic N) is 3. The third-order valence-electron chi connectivity index (χ3n) is 3.67. The summed E-state index contributed by atoms with van der Waals surface area (Å²) >= 11 is 0. The molecule has 0 saturated carbocycles. The van der Waals surface area contributed by atoms with Gasteiger partial charge in [0.15, 0.2) is 0 Å². The third-order valence-corrected chi connectivity index (χ3v) is 3.67. The Hall–Kier alpha value is -1.92. The van der Waals surface area contributed by atoms with Gasteiger partial charge < -0.3 is 19.4 Å². The second-order valence-corrected chi connectivity index (χ2v) is 5.16. The van der Waals surface area contributed by atoms with Gasteiger partial charge in [-0.1, -0.05) is 0 Å². The molecule has 1 aliphatic rings. The standard InChI is InChI=1S/C15H20N4O2/c1-10-8-19(9-17-10)12-7-11-5-4-6-16-14(11)18-13(12)15(20-2)21-3/h7-9,15H,4-6H2,1-3H3,(H,16,18). The van der Waals surface area contributed by atoms with E-state index in [-0.39, 0.29) is 0 Å². The highest BCUT2D eigenvalue weighted by Gasteiger charge is 2.22. The van der Waals surface area contributed by atoms with Crippen molar-refractivity contribution < 1.29 is 9.47 Å². The number of rotatable bonds is 4. The smallest absolute Gasteiger partial charge is 0.202 e. The topological polar surface area (TPSA) is 61.2 Å². The van der Waals surface area contributed by atoms with Crippen molar-refractivity contribution in [1.29, 1.82) is 0 Å². The molecular weight excluding hydrogens is 268 g/mol. The molecule has 0 aliphatic carbocycles. The van der Waals surface area contributed by atoms with E-state index in [2.05, 4.69) is 16.4 Å². The Balaban J connectivity index is 2.14. The second kappa shape index (κ2) is 5.83. The van der Waals surface area contributed by atoms with Crippen molar-refractivity contribution in [1.82, 2.24) is 14.5 Å². The lowest BCUT2D eigenvalue weighted by atomic mass is 10.1. The van der Waals surface area contributed by atoms with E-state index >= 15 is 0 Å². The fourth-order valence-corrected chi connectivity index (χ4v) is 2.64. The van der Waals surface area contributed by atoms with Crippen molar-refractivity contribution in [3.05, 3.63) is 35.5 Å². The van der Waals surface area contributed by atoms with Crippen LogP contribution >= 0.6 is 0 Å². The van der Waals surface area contributed by atoms with E-state index in [1.807, 2.05) is 17.7 Å². The van der Waals surface area contributed by atoms with Crippen molar-refractivity contribution in [3.63, 3.8) is 0 Å². The molecule has 0 unspecified atom stereocenters. The van der Waals surface area contributed by atoms with Gasteiger partial charge in [0.05, 0.1) is 17.7 Å². The Kier molecular flexibility index (Phi) is 3.90. The van der Waals surface area contributed by atoms with E-state index in [9.17, 15) is 0 Å². The number of nitrogens with one attached hydrogen (secondary N) is 1. The predicted molar refractivity (Wildman–Crippen MR) is 79.7 cm³/mol. The first-order valence-electron chi connectivity index (χ1n) is 7.07. The summed E-state index contributed by atoms with van der Waals surface area (Å²) < 4.78 is 12.8. The Bertz CT molecular complexity index is 635. The van der Waals surface area contributed by atoms with Gasteiger partial charge in [0, 0.05) is 27.0 Å². The molecule has 0 amide bonds. The number of pyridine rings is 1. The zero-order valence-corrected chi connectivity index (χ0v) is 12.6. The third kappa shape index (κ3) is 2.64. The molecule has 112 valence electrons. The van der Waals surface area contributed by atoms with Crippen LogP contribution in [0.3, 0.4) is 0 Å². The Morgan fingerprint density at radius 2 is 2.14 bits per heavy atom. The zero-order valence-electron chi connectivity index (χ0n) is 12.6. The van der Waals surface area contributed by atoms with Gasteiger partial charge in [-0.05, 0) is 31.4 Å². The van der Waals surface area contributed by atoms with Gasteiger partial charge in [-0.2, -0.15) is 0 Å². The quantitative estimate of drug-likeness (QED) is 0.874. The first-order valence-corrected chi connectivity index (χ1v) is 7.07. The number of anilines is 1. The van der Waals surface area contributed by atoms with Gasteiger partial charge in [-0.15, -0.1) is 0 Å². The minimum atomic E-state index is -0.503. The van der Waals surface area contributed by atoms with E-state index < -0.39 is 6.29 Å². The maximum atomic E-state index is 5.40. The monoisotopic (exact) mass is 288 g/mol. The molecule has 1 N–H and O–H groups in total. The van der Waals surface area contributed by atoms with Gasteiger partial charge >= 0.3 is 0 Å². The number of aromatic nitrogens is 3. The summed E-state index contributed by atoms with van der Waals surface area (Å²) in [5.74, 6) is 0.927. The fourth-order valence-electron chi connectivity index (χ4n) is 2.64. The highest BCUT2D eigenvalue weighted by molar-refractivity contribution is 5.54. The van der Waals surface area contributed by atoms with Crippen LogP contribution in [0.15, 0.2) is 18.6 Å². The molecule has 0 radical (unpaired) electrons. The molecule has 0 bridgehead atoms. The summed E-state index contributed by atoms with van der Waals surface area (Å²) in [5, 5.41) is 3.34. The molecule has 21 heavy (non-hydrogen) atoms. The highest BCUT2D eigenvalue weighted by Crippen LogP contribution is 2.30. The van der Waals surface area contributed by atoms with Gasteiger partial charge in [-0.3, -0.25) is 0 Å². The van der Waals surface area contributed by atoms with Gasteiger partial charge in [-0.25, -0.2) is 9.97 Å². The Morgan fingerprint density at radius 3 is 2.81 bits per heavy atom. The molecule has 2 aromatic heterocycles. The SMILES string of the molecule is COC(OC)c1nc2c(cc1-n1cnc(C)c1)CCCN2. The van der Waals surface area contributed by atoms with E-state index in [1.54, 1.807) is 20.5 Å². The van der Waals surface area contributed by atoms with Crippen LogP contribution in [0, 0.1) is 6.92 Å². The molecule has 1 aliphatic heterocycles. The molecule has 2 aromatic rings. The van der Waals surface area contributed by atoms with Gasteiger partial charge in [0.1, 0.15) is 11.5 Å². The maximum Gasteiger partial charge on any atom is 0.202 e. The van der Waals surface area contributed by atoms with Crippen LogP contribution in [-0.4, -0.2) is 35.3 Å². The molecule has 0 fully saturated rings. The number of aryl methyl sites for hydroxylation is 2. The highest BCUT2D eigenvalue weighted by atomic mass is 16.7.